The van der Waals surface area contributed by atoms with Crippen molar-refractivity contribution in [3.8, 4) is 0 Å². The zero-order valence-corrected chi connectivity index (χ0v) is 9.18. The van der Waals surface area contributed by atoms with Crippen LogP contribution in [0.5, 0.6) is 0 Å². The molecule has 1 heterocycles. The van der Waals surface area contributed by atoms with Gasteiger partial charge in [0, 0.05) is 0 Å². The standard InChI is InChI=1S/C12H15NO3/c1-13-10-7-11(14)16-12(10)15-8-9-5-3-2-4-6-9/h2-6,10,12-13H,7-8H2,1H3/t10-,12?/m0/s1. The molecule has 0 amide bonds. The maximum absolute atomic E-state index is 11.1. The Labute approximate surface area is 94.6 Å². The zero-order chi connectivity index (χ0) is 11.4. The predicted octanol–water partition coefficient (Wildman–Crippen LogP) is 1.06. The molecule has 1 saturated heterocycles. The molecule has 0 aromatic heterocycles. The normalized spacial score (nSPS) is 24.4. The average molecular weight is 221 g/mol. The molecule has 0 bridgehead atoms. The zero-order valence-electron chi connectivity index (χ0n) is 9.18. The summed E-state index contributed by atoms with van der Waals surface area (Å²) in [5, 5.41) is 3.01. The molecule has 1 N–H and O–H groups in total. The second-order valence-corrected chi connectivity index (χ2v) is 3.75. The van der Waals surface area contributed by atoms with E-state index in [9.17, 15) is 4.79 Å². The van der Waals surface area contributed by atoms with E-state index in [1.165, 1.54) is 0 Å². The van der Waals surface area contributed by atoms with Gasteiger partial charge in [0.2, 0.25) is 6.29 Å². The highest BCUT2D eigenvalue weighted by atomic mass is 16.7. The van der Waals surface area contributed by atoms with Crippen LogP contribution in [-0.4, -0.2) is 25.3 Å². The molecule has 2 rings (SSSR count). The maximum Gasteiger partial charge on any atom is 0.309 e. The monoisotopic (exact) mass is 221 g/mol. The van der Waals surface area contributed by atoms with Crippen molar-refractivity contribution in [3.63, 3.8) is 0 Å². The topological polar surface area (TPSA) is 47.6 Å². The number of esters is 1. The first kappa shape index (κ1) is 11.1. The Morgan fingerprint density at radius 2 is 2.19 bits per heavy atom. The summed E-state index contributed by atoms with van der Waals surface area (Å²) in [6.07, 6.45) is -0.103. The van der Waals surface area contributed by atoms with Crippen molar-refractivity contribution >= 4 is 5.97 Å². The number of rotatable bonds is 4. The van der Waals surface area contributed by atoms with E-state index in [4.69, 9.17) is 9.47 Å². The third-order valence-corrected chi connectivity index (χ3v) is 2.59. The van der Waals surface area contributed by atoms with Gasteiger partial charge in [-0.1, -0.05) is 30.3 Å². The third-order valence-electron chi connectivity index (χ3n) is 2.59. The van der Waals surface area contributed by atoms with Crippen LogP contribution in [0.15, 0.2) is 30.3 Å². The van der Waals surface area contributed by atoms with Gasteiger partial charge in [0.1, 0.15) is 0 Å². The van der Waals surface area contributed by atoms with E-state index in [-0.39, 0.29) is 12.0 Å². The van der Waals surface area contributed by atoms with Crippen molar-refractivity contribution in [3.05, 3.63) is 35.9 Å². The summed E-state index contributed by atoms with van der Waals surface area (Å²) >= 11 is 0. The lowest BCUT2D eigenvalue weighted by Gasteiger charge is -2.17. The number of cyclic esters (lactones) is 1. The summed E-state index contributed by atoms with van der Waals surface area (Å²) < 4.78 is 10.6. The van der Waals surface area contributed by atoms with Crippen molar-refractivity contribution in [2.24, 2.45) is 0 Å². The highest BCUT2D eigenvalue weighted by Gasteiger charge is 2.34. The van der Waals surface area contributed by atoms with Crippen LogP contribution in [0.1, 0.15) is 12.0 Å². The molecule has 1 aromatic carbocycles. The Hall–Kier alpha value is -1.39. The lowest BCUT2D eigenvalue weighted by atomic mass is 10.2. The summed E-state index contributed by atoms with van der Waals surface area (Å²) in [5.41, 5.74) is 1.07. The summed E-state index contributed by atoms with van der Waals surface area (Å²) in [7, 11) is 1.80. The fourth-order valence-corrected chi connectivity index (χ4v) is 1.68. The van der Waals surface area contributed by atoms with Crippen LogP contribution >= 0.6 is 0 Å². The minimum absolute atomic E-state index is 0.0452. The van der Waals surface area contributed by atoms with Gasteiger partial charge >= 0.3 is 5.97 Å². The maximum atomic E-state index is 11.1. The van der Waals surface area contributed by atoms with Crippen LogP contribution in [0.25, 0.3) is 0 Å². The minimum atomic E-state index is -0.474. The van der Waals surface area contributed by atoms with E-state index in [1.807, 2.05) is 30.3 Å². The van der Waals surface area contributed by atoms with Gasteiger partial charge in [-0.05, 0) is 12.6 Å². The summed E-state index contributed by atoms with van der Waals surface area (Å²) in [6, 6.07) is 9.77. The molecule has 0 aliphatic carbocycles. The van der Waals surface area contributed by atoms with Crippen LogP contribution in [0.4, 0.5) is 0 Å². The number of carbonyl (C=O) groups is 1. The molecule has 1 aliphatic rings. The summed E-state index contributed by atoms with van der Waals surface area (Å²) in [4.78, 5) is 11.1. The lowest BCUT2D eigenvalue weighted by Crippen LogP contribution is -2.35. The quantitative estimate of drug-likeness (QED) is 0.772. The predicted molar refractivity (Wildman–Crippen MR) is 58.6 cm³/mol. The van der Waals surface area contributed by atoms with E-state index >= 15 is 0 Å². The number of benzene rings is 1. The molecule has 1 fully saturated rings. The van der Waals surface area contributed by atoms with Gasteiger partial charge in [-0.3, -0.25) is 4.79 Å². The first-order valence-electron chi connectivity index (χ1n) is 5.32. The molecule has 1 aliphatic heterocycles. The van der Waals surface area contributed by atoms with Crippen molar-refractivity contribution in [2.75, 3.05) is 7.05 Å². The van der Waals surface area contributed by atoms with Crippen molar-refractivity contribution in [2.45, 2.75) is 25.4 Å². The first-order valence-corrected chi connectivity index (χ1v) is 5.32. The summed E-state index contributed by atoms with van der Waals surface area (Å²) in [5.74, 6) is -0.211. The van der Waals surface area contributed by atoms with E-state index in [1.54, 1.807) is 7.05 Å². The Kier molecular flexibility index (Phi) is 3.54. The Morgan fingerprint density at radius 3 is 2.88 bits per heavy atom. The number of likely N-dealkylation sites (N-methyl/N-ethyl adjacent to an activating group) is 1. The van der Waals surface area contributed by atoms with Gasteiger partial charge in [-0.15, -0.1) is 0 Å². The first-order chi connectivity index (χ1) is 7.79. The number of ether oxygens (including phenoxy) is 2. The van der Waals surface area contributed by atoms with Crippen LogP contribution in [0.3, 0.4) is 0 Å². The largest absolute Gasteiger partial charge is 0.434 e. The summed E-state index contributed by atoms with van der Waals surface area (Å²) in [6.45, 7) is 0.455. The molecular weight excluding hydrogens is 206 g/mol. The number of hydrogen-bond acceptors (Lipinski definition) is 4. The van der Waals surface area contributed by atoms with Crippen LogP contribution in [0.2, 0.25) is 0 Å². The van der Waals surface area contributed by atoms with E-state index in [0.717, 1.165) is 5.56 Å². The second kappa shape index (κ2) is 5.09. The smallest absolute Gasteiger partial charge is 0.309 e. The Bertz CT molecular complexity index is 353. The van der Waals surface area contributed by atoms with Crippen LogP contribution < -0.4 is 5.32 Å². The highest BCUT2D eigenvalue weighted by Crippen LogP contribution is 2.17. The molecule has 4 nitrogen and oxygen atoms in total. The van der Waals surface area contributed by atoms with Gasteiger partial charge in [-0.25, -0.2) is 0 Å². The minimum Gasteiger partial charge on any atom is -0.434 e. The molecular formula is C12H15NO3. The fraction of sp³-hybridized carbons (Fsp3) is 0.417. The van der Waals surface area contributed by atoms with Crippen molar-refractivity contribution < 1.29 is 14.3 Å². The molecule has 0 spiro atoms. The Balaban J connectivity index is 1.88. The molecule has 1 aromatic rings. The second-order valence-electron chi connectivity index (χ2n) is 3.75. The van der Waals surface area contributed by atoms with Crippen molar-refractivity contribution in [1.82, 2.24) is 5.32 Å². The molecule has 16 heavy (non-hydrogen) atoms. The molecule has 0 radical (unpaired) electrons. The highest BCUT2D eigenvalue weighted by molar-refractivity contribution is 5.72. The van der Waals surface area contributed by atoms with Crippen LogP contribution in [-0.2, 0) is 20.9 Å². The molecule has 4 heteroatoms. The fourth-order valence-electron chi connectivity index (χ4n) is 1.68. The number of carbonyl (C=O) groups excluding carboxylic acids is 1. The average Bonchev–Trinajstić information content (AvgIpc) is 2.68. The molecule has 0 saturated carbocycles. The van der Waals surface area contributed by atoms with Gasteiger partial charge in [0.05, 0.1) is 19.1 Å². The Morgan fingerprint density at radius 1 is 1.44 bits per heavy atom. The van der Waals surface area contributed by atoms with E-state index < -0.39 is 6.29 Å². The van der Waals surface area contributed by atoms with E-state index in [0.29, 0.717) is 13.0 Å². The SMILES string of the molecule is CN[C@H]1CC(=O)OC1OCc1ccccc1. The van der Waals surface area contributed by atoms with Gasteiger partial charge in [0.15, 0.2) is 0 Å². The van der Waals surface area contributed by atoms with Gasteiger partial charge in [0.25, 0.3) is 0 Å². The van der Waals surface area contributed by atoms with Gasteiger partial charge < -0.3 is 14.8 Å². The number of hydrogen-bond donors (Lipinski definition) is 1. The third kappa shape index (κ3) is 2.59. The van der Waals surface area contributed by atoms with Gasteiger partial charge in [-0.2, -0.15) is 0 Å². The lowest BCUT2D eigenvalue weighted by molar-refractivity contribution is -0.167. The van der Waals surface area contributed by atoms with Crippen LogP contribution in [0, 0.1) is 0 Å². The van der Waals surface area contributed by atoms with Crippen molar-refractivity contribution in [1.29, 1.82) is 0 Å². The molecule has 2 atom stereocenters. The molecule has 1 unspecified atom stereocenters. The number of nitrogens with one attached hydrogen (secondary N) is 1. The van der Waals surface area contributed by atoms with E-state index in [2.05, 4.69) is 5.32 Å². The molecule has 86 valence electrons.